The van der Waals surface area contributed by atoms with Gasteiger partial charge in [-0.25, -0.2) is 8.42 Å². The molecular formula is C12H13ClO3S3. The number of hydrogen-bond donors (Lipinski definition) is 0. The molecule has 1 aromatic rings. The Balaban J connectivity index is 3.50. The minimum atomic E-state index is -3.81. The second-order valence-corrected chi connectivity index (χ2v) is 7.75. The molecule has 0 aromatic heterocycles. The summed E-state index contributed by atoms with van der Waals surface area (Å²) in [4.78, 5) is 11.6. The lowest BCUT2D eigenvalue weighted by molar-refractivity contribution is -0.113. The van der Waals surface area contributed by atoms with E-state index in [1.165, 1.54) is 54.7 Å². The van der Waals surface area contributed by atoms with E-state index < -0.39 is 15.6 Å². The summed E-state index contributed by atoms with van der Waals surface area (Å²) in [6, 6.07) is 5.78. The predicted octanol–water partition coefficient (Wildman–Crippen LogP) is 3.60. The number of hydrogen-bond acceptors (Lipinski definition) is 5. The molecule has 0 fully saturated rings. The monoisotopic (exact) mass is 336 g/mol. The molecule has 3 nitrogen and oxygen atoms in total. The average molecular weight is 337 g/mol. The van der Waals surface area contributed by atoms with Gasteiger partial charge in [0.15, 0.2) is 5.78 Å². The Hall–Kier alpha value is -0.430. The van der Waals surface area contributed by atoms with Gasteiger partial charge in [-0.15, -0.1) is 23.5 Å². The van der Waals surface area contributed by atoms with E-state index in [0.29, 0.717) is 9.26 Å². The van der Waals surface area contributed by atoms with Crippen LogP contribution in [0.1, 0.15) is 6.92 Å². The van der Waals surface area contributed by atoms with Crippen molar-refractivity contribution in [3.05, 3.63) is 38.4 Å². The molecule has 104 valence electrons. The van der Waals surface area contributed by atoms with Crippen LogP contribution >= 0.6 is 35.1 Å². The summed E-state index contributed by atoms with van der Waals surface area (Å²) in [5, 5.41) is 0.447. The van der Waals surface area contributed by atoms with Gasteiger partial charge in [-0.05, 0) is 43.7 Å². The van der Waals surface area contributed by atoms with E-state index in [1.807, 2.05) is 0 Å². The van der Waals surface area contributed by atoms with Gasteiger partial charge in [-0.1, -0.05) is 11.6 Å². The second kappa shape index (κ2) is 6.83. The van der Waals surface area contributed by atoms with Crippen LogP contribution in [0.15, 0.2) is 38.3 Å². The summed E-state index contributed by atoms with van der Waals surface area (Å²) in [7, 11) is -3.81. The van der Waals surface area contributed by atoms with E-state index in [-0.39, 0.29) is 9.80 Å². The minimum absolute atomic E-state index is 0.0719. The molecule has 0 amide bonds. The highest BCUT2D eigenvalue weighted by molar-refractivity contribution is 8.22. The van der Waals surface area contributed by atoms with Crippen LogP contribution in [0, 0.1) is 0 Å². The summed E-state index contributed by atoms with van der Waals surface area (Å²) < 4.78 is 25.5. The normalized spacial score (nSPS) is 11.2. The van der Waals surface area contributed by atoms with Gasteiger partial charge in [-0.3, -0.25) is 4.79 Å². The second-order valence-electron chi connectivity index (χ2n) is 3.54. The van der Waals surface area contributed by atoms with Crippen LogP contribution in [-0.2, 0) is 14.6 Å². The zero-order valence-corrected chi connectivity index (χ0v) is 13.8. The molecule has 0 saturated heterocycles. The summed E-state index contributed by atoms with van der Waals surface area (Å²) in [6.07, 6.45) is 3.48. The first kappa shape index (κ1) is 16.6. The molecule has 0 spiro atoms. The molecule has 1 aromatic carbocycles. The summed E-state index contributed by atoms with van der Waals surface area (Å²) in [6.45, 7) is 1.26. The molecule has 0 bridgehead atoms. The van der Waals surface area contributed by atoms with E-state index in [2.05, 4.69) is 0 Å². The van der Waals surface area contributed by atoms with Crippen LogP contribution in [0.2, 0.25) is 5.02 Å². The van der Waals surface area contributed by atoms with E-state index in [1.54, 1.807) is 12.5 Å². The molecule has 0 atom stereocenters. The summed E-state index contributed by atoms with van der Waals surface area (Å²) in [5.41, 5.74) is 0. The van der Waals surface area contributed by atoms with Gasteiger partial charge in [0.1, 0.15) is 4.91 Å². The third-order valence-electron chi connectivity index (χ3n) is 2.27. The third-order valence-corrected chi connectivity index (χ3v) is 6.85. The van der Waals surface area contributed by atoms with Crippen molar-refractivity contribution in [2.75, 3.05) is 12.5 Å². The number of halogens is 1. The zero-order valence-electron chi connectivity index (χ0n) is 10.6. The zero-order chi connectivity index (χ0) is 14.6. The number of allylic oxidation sites excluding steroid dienone is 1. The lowest BCUT2D eigenvalue weighted by atomic mass is 10.4. The predicted molar refractivity (Wildman–Crippen MR) is 83.4 cm³/mol. The molecule has 0 aliphatic rings. The molecule has 0 aliphatic heterocycles. The number of benzene rings is 1. The molecule has 0 aliphatic carbocycles. The fraction of sp³-hybridized carbons (Fsp3) is 0.250. The van der Waals surface area contributed by atoms with E-state index in [0.717, 1.165) is 0 Å². The average Bonchev–Trinajstić information content (AvgIpc) is 2.35. The standard InChI is InChI=1S/C12H13ClO3S3/c1-8(14)11(12(17-2)18-3)19(15,16)10-6-4-9(13)5-7-10/h4-7H,1-3H3. The Morgan fingerprint density at radius 2 is 1.58 bits per heavy atom. The number of thioether (sulfide) groups is 2. The lowest BCUT2D eigenvalue weighted by Crippen LogP contribution is -2.13. The van der Waals surface area contributed by atoms with Crippen LogP contribution in [0.3, 0.4) is 0 Å². The van der Waals surface area contributed by atoms with Gasteiger partial charge >= 0.3 is 0 Å². The van der Waals surface area contributed by atoms with Gasteiger partial charge in [-0.2, -0.15) is 0 Å². The minimum Gasteiger partial charge on any atom is -0.294 e. The van der Waals surface area contributed by atoms with Gasteiger partial charge in [0.25, 0.3) is 0 Å². The Labute approximate surface area is 126 Å². The molecule has 0 saturated carbocycles. The first-order valence-corrected chi connectivity index (χ1v) is 9.49. The van der Waals surface area contributed by atoms with Crippen LogP contribution in [0.5, 0.6) is 0 Å². The van der Waals surface area contributed by atoms with Gasteiger partial charge in [0.05, 0.1) is 9.13 Å². The maximum atomic E-state index is 12.5. The molecular weight excluding hydrogens is 324 g/mol. The fourth-order valence-electron chi connectivity index (χ4n) is 1.44. The molecule has 0 unspecified atom stereocenters. The highest BCUT2D eigenvalue weighted by Gasteiger charge is 2.27. The van der Waals surface area contributed by atoms with E-state index >= 15 is 0 Å². The number of sulfone groups is 1. The van der Waals surface area contributed by atoms with Gasteiger partial charge in [0, 0.05) is 5.02 Å². The molecule has 7 heteroatoms. The van der Waals surface area contributed by atoms with Crippen LogP contribution < -0.4 is 0 Å². The Kier molecular flexibility index (Phi) is 5.98. The summed E-state index contributed by atoms with van der Waals surface area (Å²) >= 11 is 8.23. The molecule has 0 radical (unpaired) electrons. The largest absolute Gasteiger partial charge is 0.294 e. The van der Waals surface area contributed by atoms with Crippen molar-refractivity contribution >= 4 is 50.7 Å². The number of carbonyl (C=O) groups is 1. The van der Waals surface area contributed by atoms with Crippen molar-refractivity contribution in [3.63, 3.8) is 0 Å². The molecule has 1 rings (SSSR count). The van der Waals surface area contributed by atoms with E-state index in [9.17, 15) is 13.2 Å². The van der Waals surface area contributed by atoms with Crippen LogP contribution in [-0.4, -0.2) is 26.7 Å². The van der Waals surface area contributed by atoms with E-state index in [4.69, 9.17) is 11.6 Å². The molecule has 0 heterocycles. The Bertz CT molecular complexity index is 598. The Morgan fingerprint density at radius 1 is 1.11 bits per heavy atom. The van der Waals surface area contributed by atoms with Crippen molar-refractivity contribution in [1.29, 1.82) is 0 Å². The molecule has 19 heavy (non-hydrogen) atoms. The smallest absolute Gasteiger partial charge is 0.211 e. The highest BCUT2D eigenvalue weighted by atomic mass is 35.5. The SMILES string of the molecule is CSC(SC)=C(C(C)=O)S(=O)(=O)c1ccc(Cl)cc1. The van der Waals surface area contributed by atoms with Crippen LogP contribution in [0.25, 0.3) is 0 Å². The summed E-state index contributed by atoms with van der Waals surface area (Å²) in [5.74, 6) is -0.464. The first-order chi connectivity index (χ1) is 8.84. The number of carbonyl (C=O) groups excluding carboxylic acids is 1. The molecule has 0 N–H and O–H groups in total. The third kappa shape index (κ3) is 3.78. The first-order valence-electron chi connectivity index (χ1n) is 5.18. The van der Waals surface area contributed by atoms with Crippen molar-refractivity contribution in [2.45, 2.75) is 11.8 Å². The quantitative estimate of drug-likeness (QED) is 0.769. The van der Waals surface area contributed by atoms with Gasteiger partial charge < -0.3 is 0 Å². The fourth-order valence-corrected chi connectivity index (χ4v) is 5.38. The number of ketones is 1. The number of Topliss-reactive ketones (excluding diaryl/α,β-unsaturated/α-hetero) is 1. The van der Waals surface area contributed by atoms with Gasteiger partial charge in [0.2, 0.25) is 9.84 Å². The highest BCUT2D eigenvalue weighted by Crippen LogP contribution is 2.34. The van der Waals surface area contributed by atoms with Crippen molar-refractivity contribution < 1.29 is 13.2 Å². The maximum absolute atomic E-state index is 12.5. The topological polar surface area (TPSA) is 51.2 Å². The van der Waals surface area contributed by atoms with Crippen molar-refractivity contribution in [2.24, 2.45) is 0 Å². The van der Waals surface area contributed by atoms with Crippen LogP contribution in [0.4, 0.5) is 0 Å². The van der Waals surface area contributed by atoms with Crippen molar-refractivity contribution in [1.82, 2.24) is 0 Å². The Morgan fingerprint density at radius 3 is 1.95 bits per heavy atom. The van der Waals surface area contributed by atoms with Crippen molar-refractivity contribution in [3.8, 4) is 0 Å². The number of rotatable bonds is 5. The lowest BCUT2D eigenvalue weighted by Gasteiger charge is -2.10. The maximum Gasteiger partial charge on any atom is 0.211 e.